The number of aliphatic hydroxyl groups is 1. The summed E-state index contributed by atoms with van der Waals surface area (Å²) in [6.07, 6.45) is 0. The van der Waals surface area contributed by atoms with Gasteiger partial charge in [0.15, 0.2) is 0 Å². The fourth-order valence-electron chi connectivity index (χ4n) is 1.64. The van der Waals surface area contributed by atoms with Crippen LogP contribution >= 0.6 is 11.6 Å². The zero-order chi connectivity index (χ0) is 13.0. The Morgan fingerprint density at radius 1 is 1.06 bits per heavy atom. The summed E-state index contributed by atoms with van der Waals surface area (Å²) < 4.78 is 1.25. The molecule has 0 amide bonds. The van der Waals surface area contributed by atoms with E-state index in [9.17, 15) is 5.11 Å². The molecule has 18 heavy (non-hydrogen) atoms. The van der Waals surface area contributed by atoms with Crippen molar-refractivity contribution >= 4 is 31.0 Å². The van der Waals surface area contributed by atoms with Gasteiger partial charge in [0, 0.05) is 0 Å². The molecule has 1 unspecified atom stereocenters. The Balaban J connectivity index is 2.03. The van der Waals surface area contributed by atoms with Gasteiger partial charge >= 0.3 is 119 Å². The van der Waals surface area contributed by atoms with Gasteiger partial charge in [0.25, 0.3) is 0 Å². The molecular weight excluding hydrogens is 311 g/mol. The second-order valence-corrected chi connectivity index (χ2v) is 7.02. The second kappa shape index (κ2) is 5.90. The zero-order valence-electron chi connectivity index (χ0n) is 10.1. The molecule has 0 heterocycles. The molecule has 1 N–H and O–H groups in total. The third-order valence-electron chi connectivity index (χ3n) is 2.73. The van der Waals surface area contributed by atoms with Gasteiger partial charge in [0.2, 0.25) is 0 Å². The zero-order valence-corrected chi connectivity index (χ0v) is 12.6. The summed E-state index contributed by atoms with van der Waals surface area (Å²) in [6.45, 7) is 1.88. The first-order valence-corrected chi connectivity index (χ1v) is 8.19. The van der Waals surface area contributed by atoms with Crippen molar-refractivity contribution in [2.45, 2.75) is 17.8 Å². The van der Waals surface area contributed by atoms with E-state index < -0.39 is 5.60 Å². The summed E-state index contributed by atoms with van der Waals surface area (Å²) in [7, 11) is 0. The third-order valence-corrected chi connectivity index (χ3v) is 5.73. The average Bonchev–Trinajstić information content (AvgIpc) is 2.39. The van der Waals surface area contributed by atoms with Gasteiger partial charge in [-0.25, -0.2) is 0 Å². The van der Waals surface area contributed by atoms with Crippen LogP contribution in [0, 0.1) is 0 Å². The van der Waals surface area contributed by atoms with Crippen LogP contribution in [-0.4, -0.2) is 20.1 Å². The predicted octanol–water partition coefficient (Wildman–Crippen LogP) is 3.00. The van der Waals surface area contributed by atoms with Crippen molar-refractivity contribution in [1.82, 2.24) is 0 Å². The van der Waals surface area contributed by atoms with Gasteiger partial charge in [0.05, 0.1) is 0 Å². The molecule has 3 heteroatoms. The van der Waals surface area contributed by atoms with Crippen LogP contribution in [0.15, 0.2) is 54.6 Å². The van der Waals surface area contributed by atoms with Crippen molar-refractivity contribution in [1.29, 1.82) is 0 Å². The van der Waals surface area contributed by atoms with E-state index in [2.05, 4.69) is 0 Å². The molecule has 94 valence electrons. The van der Waals surface area contributed by atoms with Gasteiger partial charge in [0.1, 0.15) is 0 Å². The van der Waals surface area contributed by atoms with Crippen molar-refractivity contribution in [2.24, 2.45) is 0 Å². The van der Waals surface area contributed by atoms with Gasteiger partial charge in [-0.2, -0.15) is 0 Å². The van der Waals surface area contributed by atoms with E-state index >= 15 is 0 Å². The average molecular weight is 326 g/mol. The molecule has 0 spiro atoms. The van der Waals surface area contributed by atoms with Gasteiger partial charge in [-0.15, -0.1) is 0 Å². The Bertz CT molecular complexity index is 494. The van der Waals surface area contributed by atoms with Crippen LogP contribution in [-0.2, 0) is 5.60 Å². The number of hydrogen-bond donors (Lipinski definition) is 1. The van der Waals surface area contributed by atoms with E-state index in [0.29, 0.717) is 0 Å². The summed E-state index contributed by atoms with van der Waals surface area (Å²) in [5, 5.41) is 12.0. The van der Waals surface area contributed by atoms with Gasteiger partial charge in [-0.3, -0.25) is 0 Å². The van der Waals surface area contributed by atoms with Crippen LogP contribution in [0.1, 0.15) is 12.5 Å². The predicted molar refractivity (Wildman–Crippen MR) is 77.7 cm³/mol. The maximum absolute atomic E-state index is 10.5. The fourth-order valence-corrected chi connectivity index (χ4v) is 3.74. The Labute approximate surface area is 119 Å². The summed E-state index contributed by atoms with van der Waals surface area (Å²) >= 11 is 6.10. The Kier molecular flexibility index (Phi) is 4.47. The van der Waals surface area contributed by atoms with Crippen molar-refractivity contribution < 1.29 is 5.11 Å². The molecule has 0 saturated heterocycles. The molecule has 0 radical (unpaired) electrons. The summed E-state index contributed by atoms with van der Waals surface area (Å²) in [5.74, 6) is 0. The van der Waals surface area contributed by atoms with E-state index in [1.807, 2.05) is 61.5 Å². The number of benzene rings is 2. The number of hydrogen-bond acceptors (Lipinski definition) is 1. The molecule has 0 aliphatic heterocycles. The Hall–Kier alpha value is -0.791. The maximum atomic E-state index is 10.5. The van der Waals surface area contributed by atoms with E-state index in [1.165, 1.54) is 4.46 Å². The van der Waals surface area contributed by atoms with Crippen LogP contribution in [0.3, 0.4) is 0 Å². The summed E-state index contributed by atoms with van der Waals surface area (Å²) in [6, 6.07) is 17.7. The molecule has 0 fully saturated rings. The van der Waals surface area contributed by atoms with Gasteiger partial charge in [-0.1, -0.05) is 0 Å². The van der Waals surface area contributed by atoms with Gasteiger partial charge in [-0.05, 0) is 0 Å². The molecule has 0 bridgehead atoms. The molecule has 2 aromatic rings. The topological polar surface area (TPSA) is 20.2 Å². The molecule has 0 aliphatic carbocycles. The van der Waals surface area contributed by atoms with Gasteiger partial charge < -0.3 is 0 Å². The van der Waals surface area contributed by atoms with E-state index in [4.69, 9.17) is 11.6 Å². The van der Waals surface area contributed by atoms with Crippen LogP contribution in [0.2, 0.25) is 10.3 Å². The number of halogens is 1. The quantitative estimate of drug-likeness (QED) is 0.857. The molecule has 1 atom stereocenters. The fraction of sp³-hybridized carbons (Fsp3) is 0.200. The molecular formula is C15H15ClOSe. The Morgan fingerprint density at radius 2 is 1.67 bits per heavy atom. The third kappa shape index (κ3) is 3.60. The monoisotopic (exact) mass is 326 g/mol. The van der Waals surface area contributed by atoms with E-state index in [-0.39, 0.29) is 15.0 Å². The summed E-state index contributed by atoms with van der Waals surface area (Å²) in [5.41, 5.74) is 0.210. The van der Waals surface area contributed by atoms with Crippen LogP contribution in [0.5, 0.6) is 0 Å². The van der Waals surface area contributed by atoms with Crippen molar-refractivity contribution in [3.8, 4) is 0 Å². The molecule has 2 aromatic carbocycles. The SMILES string of the molecule is CC(O)(C[Se]c1ccc(Cl)cc1)c1ccccc1. The molecule has 0 aliphatic rings. The number of rotatable bonds is 4. The standard InChI is InChI=1S/C15H15ClOSe/c1-15(17,12-5-3-2-4-6-12)11-18-14-9-7-13(16)8-10-14/h2-10,17H,11H2,1H3. The van der Waals surface area contributed by atoms with Crippen molar-refractivity contribution in [2.75, 3.05) is 0 Å². The molecule has 0 aromatic heterocycles. The van der Waals surface area contributed by atoms with Crippen LogP contribution < -0.4 is 4.46 Å². The van der Waals surface area contributed by atoms with E-state index in [1.54, 1.807) is 0 Å². The normalized spacial score (nSPS) is 14.2. The van der Waals surface area contributed by atoms with E-state index in [0.717, 1.165) is 15.9 Å². The van der Waals surface area contributed by atoms with Crippen molar-refractivity contribution in [3.63, 3.8) is 0 Å². The van der Waals surface area contributed by atoms with Crippen molar-refractivity contribution in [3.05, 3.63) is 65.2 Å². The first kappa shape index (κ1) is 13.6. The van der Waals surface area contributed by atoms with Crippen LogP contribution in [0.25, 0.3) is 0 Å². The molecule has 2 rings (SSSR count). The minimum atomic E-state index is -0.763. The first-order chi connectivity index (χ1) is 8.58. The summed E-state index contributed by atoms with van der Waals surface area (Å²) in [4.78, 5) is 0. The molecule has 0 saturated carbocycles. The first-order valence-electron chi connectivity index (χ1n) is 5.74. The van der Waals surface area contributed by atoms with Crippen LogP contribution in [0.4, 0.5) is 0 Å². The Morgan fingerprint density at radius 3 is 2.28 bits per heavy atom. The molecule has 1 nitrogen and oxygen atoms in total. The minimum absolute atomic E-state index is 0.240. The second-order valence-electron chi connectivity index (χ2n) is 4.38.